The van der Waals surface area contributed by atoms with E-state index in [-0.39, 0.29) is 22.5 Å². The molecule has 2 aliphatic rings. The van der Waals surface area contributed by atoms with Crippen LogP contribution in [0, 0.1) is 23.7 Å². The lowest BCUT2D eigenvalue weighted by Gasteiger charge is -2.31. The normalized spacial score (nSPS) is 32.9. The van der Waals surface area contributed by atoms with Crippen LogP contribution < -0.4 is 5.43 Å². The molecule has 0 amide bonds. The average Bonchev–Trinajstić information content (AvgIpc) is 2.71. The van der Waals surface area contributed by atoms with Crippen molar-refractivity contribution in [1.82, 2.24) is 0 Å². The number of anilines is 1. The van der Waals surface area contributed by atoms with Gasteiger partial charge in [0.05, 0.1) is 5.69 Å². The molecule has 2 saturated carbocycles. The van der Waals surface area contributed by atoms with Gasteiger partial charge >= 0.3 is 0 Å². The van der Waals surface area contributed by atoms with E-state index in [9.17, 15) is 4.79 Å². The highest BCUT2D eigenvalue weighted by Gasteiger charge is 2.65. The zero-order chi connectivity index (χ0) is 14.5. The van der Waals surface area contributed by atoms with Crippen molar-refractivity contribution in [1.29, 1.82) is 0 Å². The highest BCUT2D eigenvalue weighted by molar-refractivity contribution is 6.45. The van der Waals surface area contributed by atoms with E-state index in [1.54, 1.807) is 0 Å². The molecule has 20 heavy (non-hydrogen) atoms. The molecule has 0 aliphatic heterocycles. The van der Waals surface area contributed by atoms with Gasteiger partial charge in [0.2, 0.25) is 0 Å². The number of aryl methyl sites for hydroxylation is 1. The van der Waals surface area contributed by atoms with Crippen molar-refractivity contribution in [3.63, 3.8) is 0 Å². The zero-order valence-corrected chi connectivity index (χ0v) is 12.7. The Morgan fingerprint density at radius 3 is 2.40 bits per heavy atom. The molecule has 0 spiro atoms. The lowest BCUT2D eigenvalue weighted by Crippen LogP contribution is -2.33. The maximum absolute atomic E-state index is 12.6. The Bertz CT molecular complexity index is 586. The van der Waals surface area contributed by atoms with Crippen molar-refractivity contribution in [2.24, 2.45) is 21.8 Å². The molecule has 2 bridgehead atoms. The van der Waals surface area contributed by atoms with Crippen molar-refractivity contribution in [3.8, 4) is 0 Å². The molecular formula is C17H22N2O. The standard InChI is InChI=1S/C17H22N2O/c1-11-5-7-12(8-6-11)18-19-14-13-9-10-17(4,15(14)20)16(13,2)3/h5-8,13,18H,9-10H2,1-4H3/b19-14-/t13-,17-/m0/s1. The molecule has 0 radical (unpaired) electrons. The van der Waals surface area contributed by atoms with Gasteiger partial charge in [-0.3, -0.25) is 10.2 Å². The number of carbonyl (C=O) groups excluding carboxylic acids is 1. The number of hydrogen-bond acceptors (Lipinski definition) is 3. The number of rotatable bonds is 2. The Kier molecular flexibility index (Phi) is 2.79. The largest absolute Gasteiger partial charge is 0.292 e. The second kappa shape index (κ2) is 4.18. The summed E-state index contributed by atoms with van der Waals surface area (Å²) >= 11 is 0. The summed E-state index contributed by atoms with van der Waals surface area (Å²) in [5, 5.41) is 4.44. The van der Waals surface area contributed by atoms with Crippen LogP contribution in [0.5, 0.6) is 0 Å². The molecular weight excluding hydrogens is 248 g/mol. The molecule has 1 aromatic rings. The maximum Gasteiger partial charge on any atom is 0.185 e. The van der Waals surface area contributed by atoms with Gasteiger partial charge in [0.15, 0.2) is 5.78 Å². The van der Waals surface area contributed by atoms with E-state index in [1.165, 1.54) is 5.56 Å². The Balaban J connectivity index is 1.87. The highest BCUT2D eigenvalue weighted by atomic mass is 16.1. The molecule has 2 aliphatic carbocycles. The number of Topliss-reactive ketones (excluding diaryl/α,β-unsaturated/α-hetero) is 1. The van der Waals surface area contributed by atoms with Crippen LogP contribution >= 0.6 is 0 Å². The van der Waals surface area contributed by atoms with Crippen molar-refractivity contribution >= 4 is 17.2 Å². The van der Waals surface area contributed by atoms with Gasteiger partial charge in [-0.15, -0.1) is 0 Å². The van der Waals surface area contributed by atoms with Crippen molar-refractivity contribution in [2.75, 3.05) is 5.43 Å². The number of hydrogen-bond donors (Lipinski definition) is 1. The van der Waals surface area contributed by atoms with E-state index in [4.69, 9.17) is 0 Å². The quantitative estimate of drug-likeness (QED) is 0.831. The van der Waals surface area contributed by atoms with Crippen LogP contribution in [0.4, 0.5) is 5.69 Å². The first-order chi connectivity index (χ1) is 9.36. The number of benzene rings is 1. The third-order valence-corrected chi connectivity index (χ3v) is 5.65. The number of nitrogens with zero attached hydrogens (tertiary/aromatic N) is 1. The Morgan fingerprint density at radius 1 is 1.20 bits per heavy atom. The number of fused-ring (bicyclic) bond motifs is 2. The fourth-order valence-electron chi connectivity index (χ4n) is 3.71. The Hall–Kier alpha value is -1.64. The molecule has 3 nitrogen and oxygen atoms in total. The fourth-order valence-corrected chi connectivity index (χ4v) is 3.71. The lowest BCUT2D eigenvalue weighted by molar-refractivity contribution is -0.123. The van der Waals surface area contributed by atoms with E-state index in [0.717, 1.165) is 24.2 Å². The minimum absolute atomic E-state index is 0.0257. The number of hydrazone groups is 1. The van der Waals surface area contributed by atoms with Crippen molar-refractivity contribution < 1.29 is 4.79 Å². The van der Waals surface area contributed by atoms with Gasteiger partial charge < -0.3 is 0 Å². The minimum atomic E-state index is -0.231. The number of nitrogens with one attached hydrogen (secondary N) is 1. The van der Waals surface area contributed by atoms with Crippen molar-refractivity contribution in [2.45, 2.75) is 40.5 Å². The monoisotopic (exact) mass is 270 g/mol. The van der Waals surface area contributed by atoms with Gasteiger partial charge in [-0.2, -0.15) is 5.10 Å². The third-order valence-electron chi connectivity index (χ3n) is 5.65. The van der Waals surface area contributed by atoms with Crippen molar-refractivity contribution in [3.05, 3.63) is 29.8 Å². The molecule has 106 valence electrons. The molecule has 2 fully saturated rings. The van der Waals surface area contributed by atoms with Gasteiger partial charge in [-0.05, 0) is 37.3 Å². The summed E-state index contributed by atoms with van der Waals surface area (Å²) in [4.78, 5) is 12.6. The topological polar surface area (TPSA) is 41.5 Å². The molecule has 0 unspecified atom stereocenters. The molecule has 2 atom stereocenters. The Morgan fingerprint density at radius 2 is 1.85 bits per heavy atom. The smallest absolute Gasteiger partial charge is 0.185 e. The predicted molar refractivity (Wildman–Crippen MR) is 81.9 cm³/mol. The first-order valence-electron chi connectivity index (χ1n) is 7.31. The van der Waals surface area contributed by atoms with Crippen LogP contribution in [0.25, 0.3) is 0 Å². The van der Waals surface area contributed by atoms with E-state index in [2.05, 4.69) is 38.2 Å². The molecule has 0 saturated heterocycles. The molecule has 0 aromatic heterocycles. The van der Waals surface area contributed by atoms with E-state index in [1.807, 2.05) is 24.3 Å². The zero-order valence-electron chi connectivity index (χ0n) is 12.7. The van der Waals surface area contributed by atoms with Crippen LogP contribution in [0.3, 0.4) is 0 Å². The summed E-state index contributed by atoms with van der Waals surface area (Å²) in [5.74, 6) is 0.524. The predicted octanol–water partition coefficient (Wildman–Crippen LogP) is 3.79. The lowest BCUT2D eigenvalue weighted by atomic mass is 9.70. The second-order valence-corrected chi connectivity index (χ2v) is 6.95. The first kappa shape index (κ1) is 13.3. The van der Waals surface area contributed by atoms with Gasteiger partial charge in [0, 0.05) is 11.3 Å². The van der Waals surface area contributed by atoms with Gasteiger partial charge in [-0.1, -0.05) is 38.5 Å². The molecule has 3 rings (SSSR count). The van der Waals surface area contributed by atoms with Crippen LogP contribution in [0.1, 0.15) is 39.2 Å². The van der Waals surface area contributed by atoms with Crippen LogP contribution in [0.2, 0.25) is 0 Å². The van der Waals surface area contributed by atoms with Crippen LogP contribution in [-0.4, -0.2) is 11.5 Å². The van der Waals surface area contributed by atoms with E-state index in [0.29, 0.717) is 0 Å². The van der Waals surface area contributed by atoms with E-state index < -0.39 is 0 Å². The first-order valence-corrected chi connectivity index (χ1v) is 7.31. The molecule has 1 N–H and O–H groups in total. The average molecular weight is 270 g/mol. The molecule has 0 heterocycles. The SMILES string of the molecule is Cc1ccc(N/N=C2\C(=O)[C@]3(C)CC[C@@H]2C3(C)C)cc1. The van der Waals surface area contributed by atoms with E-state index >= 15 is 0 Å². The highest BCUT2D eigenvalue weighted by Crippen LogP contribution is 2.62. The Labute approximate surface area is 120 Å². The number of carbonyl (C=O) groups is 1. The summed E-state index contributed by atoms with van der Waals surface area (Å²) in [6.45, 7) is 8.57. The summed E-state index contributed by atoms with van der Waals surface area (Å²) in [6.07, 6.45) is 2.07. The summed E-state index contributed by atoms with van der Waals surface area (Å²) in [7, 11) is 0. The second-order valence-electron chi connectivity index (χ2n) is 6.95. The fraction of sp³-hybridized carbons (Fsp3) is 0.529. The minimum Gasteiger partial charge on any atom is -0.292 e. The van der Waals surface area contributed by atoms with Crippen LogP contribution in [-0.2, 0) is 4.79 Å². The summed E-state index contributed by atoms with van der Waals surface area (Å²) < 4.78 is 0. The van der Waals surface area contributed by atoms with Gasteiger partial charge in [0.1, 0.15) is 5.71 Å². The summed E-state index contributed by atoms with van der Waals surface area (Å²) in [5.41, 5.74) is 5.73. The maximum atomic E-state index is 12.6. The number of ketones is 1. The third kappa shape index (κ3) is 1.65. The van der Waals surface area contributed by atoms with Gasteiger partial charge in [-0.25, -0.2) is 0 Å². The molecule has 3 heteroatoms. The molecule has 1 aromatic carbocycles. The summed E-state index contributed by atoms with van der Waals surface area (Å²) in [6, 6.07) is 8.06. The van der Waals surface area contributed by atoms with Crippen LogP contribution in [0.15, 0.2) is 29.4 Å². The van der Waals surface area contributed by atoms with Gasteiger partial charge in [0.25, 0.3) is 0 Å².